The van der Waals surface area contributed by atoms with Crippen LogP contribution in [0.3, 0.4) is 0 Å². The minimum absolute atomic E-state index is 0.145. The maximum atomic E-state index is 6.03. The average molecular weight is 210 g/mol. The van der Waals surface area contributed by atoms with Gasteiger partial charge >= 0.3 is 0 Å². The van der Waals surface area contributed by atoms with Gasteiger partial charge in [0.05, 0.1) is 6.54 Å². The number of rotatable bonds is 4. The molecule has 0 bridgehead atoms. The number of hydrogen-bond acceptors (Lipinski definition) is 3. The molecule has 3 N–H and O–H groups in total. The fourth-order valence-electron chi connectivity index (χ4n) is 1.24. The van der Waals surface area contributed by atoms with Gasteiger partial charge in [0.15, 0.2) is 0 Å². The Labute approximate surface area is 92.0 Å². The quantitative estimate of drug-likeness (QED) is 0.799. The summed E-state index contributed by atoms with van der Waals surface area (Å²) < 4.78 is 5.45. The minimum Gasteiger partial charge on any atom is -0.465 e. The third kappa shape index (κ3) is 4.06. The van der Waals surface area contributed by atoms with E-state index >= 15 is 0 Å². The Balaban J connectivity index is 2.28. The predicted molar refractivity (Wildman–Crippen MR) is 62.6 cm³/mol. The first-order chi connectivity index (χ1) is 6.89. The summed E-state index contributed by atoms with van der Waals surface area (Å²) in [6.07, 6.45) is 0. The standard InChI is InChI=1S/C12H22N2O/c1-9-5-6-10(15-9)7-14-8-11(13)12(2,3)4/h5-6,11,14H,7-8,13H2,1-4H3. The highest BCUT2D eigenvalue weighted by Gasteiger charge is 2.19. The fourth-order valence-corrected chi connectivity index (χ4v) is 1.24. The zero-order chi connectivity index (χ0) is 11.5. The molecular formula is C12H22N2O. The average Bonchev–Trinajstić information content (AvgIpc) is 2.49. The molecule has 0 radical (unpaired) electrons. The lowest BCUT2D eigenvalue weighted by Crippen LogP contribution is -2.43. The Bertz CT molecular complexity index is 299. The number of furan rings is 1. The zero-order valence-electron chi connectivity index (χ0n) is 10.1. The topological polar surface area (TPSA) is 51.2 Å². The lowest BCUT2D eigenvalue weighted by molar-refractivity contribution is 0.305. The first-order valence-corrected chi connectivity index (χ1v) is 5.41. The smallest absolute Gasteiger partial charge is 0.117 e. The summed E-state index contributed by atoms with van der Waals surface area (Å²) in [4.78, 5) is 0. The van der Waals surface area contributed by atoms with Gasteiger partial charge in [-0.05, 0) is 24.5 Å². The molecule has 86 valence electrons. The first kappa shape index (κ1) is 12.3. The van der Waals surface area contributed by atoms with Crippen LogP contribution < -0.4 is 11.1 Å². The van der Waals surface area contributed by atoms with Crippen molar-refractivity contribution in [2.75, 3.05) is 6.54 Å². The molecule has 3 nitrogen and oxygen atoms in total. The second kappa shape index (κ2) is 4.81. The minimum atomic E-state index is 0.145. The van der Waals surface area contributed by atoms with E-state index < -0.39 is 0 Å². The van der Waals surface area contributed by atoms with Gasteiger partial charge in [0.25, 0.3) is 0 Å². The molecule has 0 saturated heterocycles. The van der Waals surface area contributed by atoms with Gasteiger partial charge in [-0.2, -0.15) is 0 Å². The first-order valence-electron chi connectivity index (χ1n) is 5.41. The Hall–Kier alpha value is -0.800. The fraction of sp³-hybridized carbons (Fsp3) is 0.667. The molecule has 0 aliphatic rings. The molecule has 0 aromatic carbocycles. The van der Waals surface area contributed by atoms with E-state index in [-0.39, 0.29) is 11.5 Å². The van der Waals surface area contributed by atoms with Crippen molar-refractivity contribution in [2.45, 2.75) is 40.3 Å². The van der Waals surface area contributed by atoms with E-state index in [1.807, 2.05) is 19.1 Å². The summed E-state index contributed by atoms with van der Waals surface area (Å²) in [5.41, 5.74) is 6.17. The highest BCUT2D eigenvalue weighted by atomic mass is 16.3. The van der Waals surface area contributed by atoms with Crippen LogP contribution in [-0.2, 0) is 6.54 Å². The summed E-state index contributed by atoms with van der Waals surface area (Å²) in [6.45, 7) is 9.95. The molecule has 0 amide bonds. The van der Waals surface area contributed by atoms with Crippen LogP contribution in [0.25, 0.3) is 0 Å². The van der Waals surface area contributed by atoms with Crippen LogP contribution in [0.5, 0.6) is 0 Å². The van der Waals surface area contributed by atoms with Gasteiger partial charge in [-0.3, -0.25) is 0 Å². The van der Waals surface area contributed by atoms with Crippen LogP contribution in [0.4, 0.5) is 0 Å². The summed E-state index contributed by atoms with van der Waals surface area (Å²) in [6, 6.07) is 4.12. The van der Waals surface area contributed by atoms with E-state index in [1.165, 1.54) is 0 Å². The Morgan fingerprint density at radius 1 is 1.40 bits per heavy atom. The highest BCUT2D eigenvalue weighted by molar-refractivity contribution is 5.05. The largest absolute Gasteiger partial charge is 0.465 e. The number of nitrogens with two attached hydrogens (primary N) is 1. The van der Waals surface area contributed by atoms with E-state index in [9.17, 15) is 0 Å². The zero-order valence-corrected chi connectivity index (χ0v) is 10.1. The van der Waals surface area contributed by atoms with Gasteiger partial charge in [0.1, 0.15) is 11.5 Å². The molecular weight excluding hydrogens is 188 g/mol. The molecule has 0 spiro atoms. The van der Waals surface area contributed by atoms with Crippen molar-refractivity contribution in [3.05, 3.63) is 23.7 Å². The van der Waals surface area contributed by atoms with Crippen molar-refractivity contribution in [2.24, 2.45) is 11.1 Å². The Morgan fingerprint density at radius 2 is 2.07 bits per heavy atom. The van der Waals surface area contributed by atoms with Crippen molar-refractivity contribution in [1.29, 1.82) is 0 Å². The van der Waals surface area contributed by atoms with Crippen LogP contribution in [0.15, 0.2) is 16.5 Å². The van der Waals surface area contributed by atoms with Gasteiger partial charge in [0, 0.05) is 12.6 Å². The van der Waals surface area contributed by atoms with Crippen LogP contribution in [-0.4, -0.2) is 12.6 Å². The van der Waals surface area contributed by atoms with Crippen LogP contribution >= 0.6 is 0 Å². The van der Waals surface area contributed by atoms with Crippen LogP contribution in [0.1, 0.15) is 32.3 Å². The van der Waals surface area contributed by atoms with Crippen molar-refractivity contribution in [1.82, 2.24) is 5.32 Å². The summed E-state index contributed by atoms with van der Waals surface area (Å²) in [7, 11) is 0. The highest BCUT2D eigenvalue weighted by Crippen LogP contribution is 2.16. The SMILES string of the molecule is Cc1ccc(CNCC(N)C(C)(C)C)o1. The summed E-state index contributed by atoms with van der Waals surface area (Å²) >= 11 is 0. The summed E-state index contributed by atoms with van der Waals surface area (Å²) in [5, 5.41) is 3.30. The molecule has 1 heterocycles. The molecule has 1 unspecified atom stereocenters. The second-order valence-electron chi connectivity index (χ2n) is 5.12. The van der Waals surface area contributed by atoms with Crippen molar-refractivity contribution in [3.63, 3.8) is 0 Å². The normalized spacial score (nSPS) is 14.2. The molecule has 1 aromatic heterocycles. The van der Waals surface area contributed by atoms with Gasteiger partial charge in [-0.25, -0.2) is 0 Å². The van der Waals surface area contributed by atoms with E-state index in [4.69, 9.17) is 10.2 Å². The number of hydrogen-bond donors (Lipinski definition) is 2. The third-order valence-electron chi connectivity index (χ3n) is 2.57. The number of aryl methyl sites for hydroxylation is 1. The summed E-state index contributed by atoms with van der Waals surface area (Å²) in [5.74, 6) is 1.92. The Morgan fingerprint density at radius 3 is 2.53 bits per heavy atom. The molecule has 0 aliphatic heterocycles. The van der Waals surface area contributed by atoms with Crippen molar-refractivity contribution >= 4 is 0 Å². The predicted octanol–water partition coefficient (Wildman–Crippen LogP) is 2.05. The molecule has 3 heteroatoms. The van der Waals surface area contributed by atoms with Gasteiger partial charge in [0.2, 0.25) is 0 Å². The van der Waals surface area contributed by atoms with E-state index in [2.05, 4.69) is 26.1 Å². The van der Waals surface area contributed by atoms with E-state index in [1.54, 1.807) is 0 Å². The van der Waals surface area contributed by atoms with Gasteiger partial charge in [-0.1, -0.05) is 20.8 Å². The molecule has 1 rings (SSSR count). The molecule has 0 fully saturated rings. The van der Waals surface area contributed by atoms with E-state index in [0.29, 0.717) is 0 Å². The molecule has 15 heavy (non-hydrogen) atoms. The third-order valence-corrected chi connectivity index (χ3v) is 2.57. The van der Waals surface area contributed by atoms with Crippen molar-refractivity contribution in [3.8, 4) is 0 Å². The molecule has 1 atom stereocenters. The Kier molecular flexibility index (Phi) is 3.94. The molecule has 0 aliphatic carbocycles. The lowest BCUT2D eigenvalue weighted by Gasteiger charge is -2.27. The maximum Gasteiger partial charge on any atom is 0.117 e. The second-order valence-corrected chi connectivity index (χ2v) is 5.12. The number of nitrogens with one attached hydrogen (secondary N) is 1. The lowest BCUT2D eigenvalue weighted by atomic mass is 9.87. The van der Waals surface area contributed by atoms with E-state index in [0.717, 1.165) is 24.6 Å². The maximum absolute atomic E-state index is 6.03. The van der Waals surface area contributed by atoms with Crippen LogP contribution in [0.2, 0.25) is 0 Å². The van der Waals surface area contributed by atoms with Crippen molar-refractivity contribution < 1.29 is 4.42 Å². The molecule has 0 saturated carbocycles. The monoisotopic (exact) mass is 210 g/mol. The van der Waals surface area contributed by atoms with Gasteiger partial charge in [-0.15, -0.1) is 0 Å². The molecule has 1 aromatic rings. The van der Waals surface area contributed by atoms with Gasteiger partial charge < -0.3 is 15.5 Å². The van der Waals surface area contributed by atoms with Crippen LogP contribution in [0, 0.1) is 12.3 Å².